The number of Topliss-reactive ketones (excluding diaryl/α,β-unsaturated/α-hetero) is 1. The fourth-order valence-corrected chi connectivity index (χ4v) is 4.36. The predicted molar refractivity (Wildman–Crippen MR) is 84.4 cm³/mol. The molecule has 0 unspecified atom stereocenters. The lowest BCUT2D eigenvalue weighted by Crippen LogP contribution is -2.08. The molecule has 1 aromatic heterocycles. The van der Waals surface area contributed by atoms with E-state index in [4.69, 9.17) is 5.73 Å². The standard InChI is InChI=1S/C13H22N2O3S2/c1-5-9(16)11-10(14)12(20(4,17)18)13(19-11)15-7-6-8(2)3/h8,15H,5-7,14H2,1-4H3. The van der Waals surface area contributed by atoms with Crippen molar-refractivity contribution in [2.45, 2.75) is 38.5 Å². The Morgan fingerprint density at radius 2 is 2.00 bits per heavy atom. The van der Waals surface area contributed by atoms with Gasteiger partial charge in [-0.25, -0.2) is 8.42 Å². The SMILES string of the molecule is CCC(=O)c1sc(NCCC(C)C)c(S(C)(=O)=O)c1N. The summed E-state index contributed by atoms with van der Waals surface area (Å²) in [5.74, 6) is 0.382. The molecule has 0 aliphatic heterocycles. The van der Waals surface area contributed by atoms with Gasteiger partial charge in [-0.05, 0) is 12.3 Å². The normalized spacial score (nSPS) is 11.8. The first kappa shape index (κ1) is 17.0. The topological polar surface area (TPSA) is 89.3 Å². The summed E-state index contributed by atoms with van der Waals surface area (Å²) < 4.78 is 23.7. The monoisotopic (exact) mass is 318 g/mol. The Balaban J connectivity index is 3.18. The van der Waals surface area contributed by atoms with Crippen molar-refractivity contribution in [3.63, 3.8) is 0 Å². The maximum Gasteiger partial charge on any atom is 0.180 e. The molecule has 1 heterocycles. The molecule has 0 aliphatic rings. The van der Waals surface area contributed by atoms with Crippen LogP contribution >= 0.6 is 11.3 Å². The third-order valence-electron chi connectivity index (χ3n) is 2.85. The van der Waals surface area contributed by atoms with Crippen LogP contribution in [0.1, 0.15) is 43.3 Å². The summed E-state index contributed by atoms with van der Waals surface area (Å²) in [5, 5.41) is 3.57. The second-order valence-electron chi connectivity index (χ2n) is 5.16. The van der Waals surface area contributed by atoms with Crippen LogP contribution in [0.2, 0.25) is 0 Å². The van der Waals surface area contributed by atoms with E-state index >= 15 is 0 Å². The molecule has 3 N–H and O–H groups in total. The van der Waals surface area contributed by atoms with Crippen LogP contribution in [0.15, 0.2) is 4.90 Å². The Morgan fingerprint density at radius 1 is 1.40 bits per heavy atom. The Hall–Kier alpha value is -1.08. The largest absolute Gasteiger partial charge is 0.396 e. The minimum absolute atomic E-state index is 0.0584. The van der Waals surface area contributed by atoms with E-state index in [9.17, 15) is 13.2 Å². The quantitative estimate of drug-likeness (QED) is 0.755. The van der Waals surface area contributed by atoms with Crippen LogP contribution in [-0.4, -0.2) is 27.0 Å². The molecule has 7 heteroatoms. The molecule has 0 fully saturated rings. The Kier molecular flexibility index (Phi) is 5.59. The Labute approximate surface area is 124 Å². The van der Waals surface area contributed by atoms with Crippen LogP contribution in [-0.2, 0) is 9.84 Å². The highest BCUT2D eigenvalue weighted by atomic mass is 32.2. The average molecular weight is 318 g/mol. The van der Waals surface area contributed by atoms with Crippen LogP contribution < -0.4 is 11.1 Å². The van der Waals surface area contributed by atoms with Gasteiger partial charge in [0.1, 0.15) is 9.90 Å². The number of carbonyl (C=O) groups is 1. The van der Waals surface area contributed by atoms with Gasteiger partial charge in [-0.2, -0.15) is 0 Å². The lowest BCUT2D eigenvalue weighted by atomic mass is 10.1. The molecular formula is C13H22N2O3S2. The number of nitrogens with two attached hydrogens (primary N) is 1. The third kappa shape index (κ3) is 3.96. The molecule has 20 heavy (non-hydrogen) atoms. The lowest BCUT2D eigenvalue weighted by molar-refractivity contribution is 0.0992. The van der Waals surface area contributed by atoms with Gasteiger partial charge in [0.25, 0.3) is 0 Å². The number of thiophene rings is 1. The second kappa shape index (κ2) is 6.58. The zero-order chi connectivity index (χ0) is 15.5. The lowest BCUT2D eigenvalue weighted by Gasteiger charge is -2.08. The van der Waals surface area contributed by atoms with Gasteiger partial charge in [0.15, 0.2) is 15.6 Å². The molecule has 0 saturated heterocycles. The van der Waals surface area contributed by atoms with E-state index in [2.05, 4.69) is 19.2 Å². The summed E-state index contributed by atoms with van der Waals surface area (Å²) >= 11 is 1.13. The van der Waals surface area contributed by atoms with Crippen molar-refractivity contribution in [1.29, 1.82) is 0 Å². The molecule has 0 radical (unpaired) electrons. The van der Waals surface area contributed by atoms with E-state index in [1.165, 1.54) is 0 Å². The molecule has 0 saturated carbocycles. The zero-order valence-corrected chi connectivity index (χ0v) is 14.0. The molecule has 0 atom stereocenters. The van der Waals surface area contributed by atoms with Gasteiger partial charge in [0.2, 0.25) is 0 Å². The van der Waals surface area contributed by atoms with Crippen molar-refractivity contribution < 1.29 is 13.2 Å². The third-order valence-corrected chi connectivity index (χ3v) is 5.35. The highest BCUT2D eigenvalue weighted by Crippen LogP contribution is 2.39. The maximum absolute atomic E-state index is 11.9. The summed E-state index contributed by atoms with van der Waals surface area (Å²) in [6.45, 7) is 6.56. The van der Waals surface area contributed by atoms with Crippen molar-refractivity contribution in [2.24, 2.45) is 5.92 Å². The van der Waals surface area contributed by atoms with Crippen molar-refractivity contribution in [3.8, 4) is 0 Å². The molecule has 0 aliphatic carbocycles. The molecule has 1 rings (SSSR count). The van der Waals surface area contributed by atoms with E-state index in [1.807, 2.05) is 0 Å². The maximum atomic E-state index is 11.9. The summed E-state index contributed by atoms with van der Waals surface area (Å²) in [6, 6.07) is 0. The molecule has 0 spiro atoms. The molecule has 0 aromatic carbocycles. The Morgan fingerprint density at radius 3 is 2.45 bits per heavy atom. The molecule has 1 aromatic rings. The first-order valence-corrected chi connectivity index (χ1v) is 9.28. The first-order valence-electron chi connectivity index (χ1n) is 6.57. The van der Waals surface area contributed by atoms with Gasteiger partial charge in [-0.1, -0.05) is 20.8 Å². The number of nitrogen functional groups attached to an aromatic ring is 1. The van der Waals surface area contributed by atoms with Gasteiger partial charge in [0.05, 0.1) is 10.6 Å². The molecule has 5 nitrogen and oxygen atoms in total. The molecule has 0 amide bonds. The van der Waals surface area contributed by atoms with Gasteiger partial charge >= 0.3 is 0 Å². The zero-order valence-electron chi connectivity index (χ0n) is 12.3. The van der Waals surface area contributed by atoms with Crippen molar-refractivity contribution in [2.75, 3.05) is 23.9 Å². The fraction of sp³-hybridized carbons (Fsp3) is 0.615. The summed E-state index contributed by atoms with van der Waals surface area (Å²) in [5.41, 5.74) is 5.95. The minimum atomic E-state index is -3.47. The number of nitrogens with one attached hydrogen (secondary N) is 1. The van der Waals surface area contributed by atoms with Gasteiger partial charge in [-0.15, -0.1) is 11.3 Å². The van der Waals surface area contributed by atoms with Crippen molar-refractivity contribution >= 4 is 37.6 Å². The predicted octanol–water partition coefficient (Wildman–Crippen LogP) is 2.78. The number of carbonyl (C=O) groups excluding carboxylic acids is 1. The Bertz CT molecular complexity index is 589. The number of sulfone groups is 1. The van der Waals surface area contributed by atoms with E-state index < -0.39 is 9.84 Å². The second-order valence-corrected chi connectivity index (χ2v) is 8.13. The average Bonchev–Trinajstić information content (AvgIpc) is 2.64. The molecule has 0 bridgehead atoms. The number of hydrogen-bond acceptors (Lipinski definition) is 6. The molecular weight excluding hydrogens is 296 g/mol. The van der Waals surface area contributed by atoms with E-state index in [0.29, 0.717) is 28.8 Å². The van der Waals surface area contributed by atoms with Crippen LogP contribution in [0.5, 0.6) is 0 Å². The molecule has 114 valence electrons. The van der Waals surface area contributed by atoms with E-state index in [1.54, 1.807) is 6.92 Å². The van der Waals surface area contributed by atoms with Crippen LogP contribution in [0.4, 0.5) is 10.7 Å². The number of rotatable bonds is 7. The minimum Gasteiger partial charge on any atom is -0.396 e. The number of ketones is 1. The van der Waals surface area contributed by atoms with E-state index in [0.717, 1.165) is 24.0 Å². The fourth-order valence-electron chi connectivity index (χ4n) is 1.76. The van der Waals surface area contributed by atoms with Gasteiger partial charge in [-0.3, -0.25) is 4.79 Å². The smallest absolute Gasteiger partial charge is 0.180 e. The number of hydrogen-bond donors (Lipinski definition) is 2. The van der Waals surface area contributed by atoms with E-state index in [-0.39, 0.29) is 16.4 Å². The number of anilines is 2. The summed E-state index contributed by atoms with van der Waals surface area (Å²) in [6.07, 6.45) is 2.33. The highest BCUT2D eigenvalue weighted by molar-refractivity contribution is 7.91. The van der Waals surface area contributed by atoms with Gasteiger partial charge < -0.3 is 11.1 Å². The highest BCUT2D eigenvalue weighted by Gasteiger charge is 2.26. The first-order chi connectivity index (χ1) is 9.18. The van der Waals surface area contributed by atoms with Crippen LogP contribution in [0, 0.1) is 5.92 Å². The summed E-state index contributed by atoms with van der Waals surface area (Å²) in [4.78, 5) is 12.2. The van der Waals surface area contributed by atoms with Crippen molar-refractivity contribution in [1.82, 2.24) is 0 Å². The van der Waals surface area contributed by atoms with Gasteiger partial charge in [0, 0.05) is 19.2 Å². The van der Waals surface area contributed by atoms with Crippen molar-refractivity contribution in [3.05, 3.63) is 4.88 Å². The summed E-state index contributed by atoms with van der Waals surface area (Å²) in [7, 11) is -3.47. The van der Waals surface area contributed by atoms with Crippen LogP contribution in [0.3, 0.4) is 0 Å². The van der Waals surface area contributed by atoms with Crippen LogP contribution in [0.25, 0.3) is 0 Å².